The summed E-state index contributed by atoms with van der Waals surface area (Å²) < 4.78 is 0. The van der Waals surface area contributed by atoms with Gasteiger partial charge in [0.05, 0.1) is 12.2 Å². The Morgan fingerprint density at radius 1 is 0.941 bits per heavy atom. The van der Waals surface area contributed by atoms with Gasteiger partial charge < -0.3 is 10.2 Å². The largest absolute Gasteiger partial charge is 0.393 e. The maximum atomic E-state index is 10.6. The van der Waals surface area contributed by atoms with Gasteiger partial charge in [-0.1, -0.05) is 20.8 Å². The number of rotatable bonds is 0. The summed E-state index contributed by atoms with van der Waals surface area (Å²) in [6.07, 6.45) is 5.94. The molecule has 2 bridgehead atoms. The van der Waals surface area contributed by atoms with Crippen LogP contribution in [-0.2, 0) is 0 Å². The summed E-state index contributed by atoms with van der Waals surface area (Å²) in [7, 11) is 0. The van der Waals surface area contributed by atoms with E-state index in [2.05, 4.69) is 20.8 Å². The van der Waals surface area contributed by atoms with Gasteiger partial charge in [0.15, 0.2) is 0 Å². The molecule has 0 unspecified atom stereocenters. The van der Waals surface area contributed by atoms with E-state index in [-0.39, 0.29) is 28.5 Å². The highest BCUT2D eigenvalue weighted by Crippen LogP contribution is 2.68. The molecular formula is C15H26O2. The molecule has 0 aromatic carbocycles. The van der Waals surface area contributed by atoms with E-state index in [1.807, 2.05) is 0 Å². The third-order valence-electron chi connectivity index (χ3n) is 6.45. The van der Waals surface area contributed by atoms with Crippen LogP contribution in [0.1, 0.15) is 59.3 Å². The van der Waals surface area contributed by atoms with Gasteiger partial charge in [-0.25, -0.2) is 0 Å². The van der Waals surface area contributed by atoms with Crippen LogP contribution in [0.4, 0.5) is 0 Å². The third-order valence-corrected chi connectivity index (χ3v) is 6.45. The van der Waals surface area contributed by atoms with Gasteiger partial charge >= 0.3 is 0 Å². The van der Waals surface area contributed by atoms with Crippen molar-refractivity contribution >= 4 is 0 Å². The summed E-state index contributed by atoms with van der Waals surface area (Å²) in [6.45, 7) is 6.87. The molecular weight excluding hydrogens is 212 g/mol. The first-order chi connectivity index (χ1) is 7.80. The van der Waals surface area contributed by atoms with Crippen molar-refractivity contribution in [2.24, 2.45) is 22.2 Å². The predicted octanol–water partition coefficient (Wildman–Crippen LogP) is 2.72. The van der Waals surface area contributed by atoms with Crippen molar-refractivity contribution in [1.29, 1.82) is 0 Å². The van der Waals surface area contributed by atoms with Crippen molar-refractivity contribution in [1.82, 2.24) is 0 Å². The van der Waals surface area contributed by atoms with Gasteiger partial charge in [-0.2, -0.15) is 0 Å². The molecule has 0 aromatic heterocycles. The highest BCUT2D eigenvalue weighted by Gasteiger charge is 2.64. The highest BCUT2D eigenvalue weighted by molar-refractivity contribution is 5.14. The van der Waals surface area contributed by atoms with Crippen molar-refractivity contribution in [3.05, 3.63) is 0 Å². The predicted molar refractivity (Wildman–Crippen MR) is 67.5 cm³/mol. The van der Waals surface area contributed by atoms with E-state index in [4.69, 9.17) is 0 Å². The van der Waals surface area contributed by atoms with Crippen LogP contribution in [0.2, 0.25) is 0 Å². The molecule has 0 heterocycles. The standard InChI is InChI=1S/C15H26O2/c1-13(2)8-12(17)15-7-5-11(16)14(3,9-15)6-4-10(13)15/h10-12,16-17H,4-9H2,1-3H3/t10-,11+,12+,14-,15+/m0/s1. The average molecular weight is 238 g/mol. The summed E-state index contributed by atoms with van der Waals surface area (Å²) in [6, 6.07) is 0. The molecule has 3 aliphatic carbocycles. The Balaban J connectivity index is 2.00. The lowest BCUT2D eigenvalue weighted by molar-refractivity contribution is -0.144. The molecule has 17 heavy (non-hydrogen) atoms. The molecule has 0 radical (unpaired) electrons. The fourth-order valence-electron chi connectivity index (χ4n) is 5.56. The van der Waals surface area contributed by atoms with Crippen LogP contribution in [0.5, 0.6) is 0 Å². The fourth-order valence-corrected chi connectivity index (χ4v) is 5.56. The van der Waals surface area contributed by atoms with Crippen LogP contribution in [0, 0.1) is 22.2 Å². The summed E-state index contributed by atoms with van der Waals surface area (Å²) in [5.41, 5.74) is 0.467. The zero-order chi connectivity index (χ0) is 12.5. The van der Waals surface area contributed by atoms with Crippen LogP contribution >= 0.6 is 0 Å². The summed E-state index contributed by atoms with van der Waals surface area (Å²) in [5, 5.41) is 20.8. The Morgan fingerprint density at radius 3 is 2.35 bits per heavy atom. The maximum absolute atomic E-state index is 10.6. The van der Waals surface area contributed by atoms with Gasteiger partial charge in [0, 0.05) is 5.41 Å². The van der Waals surface area contributed by atoms with Crippen LogP contribution in [0.15, 0.2) is 0 Å². The number of aliphatic hydroxyl groups is 2. The molecule has 2 heteroatoms. The molecule has 0 saturated heterocycles. The van der Waals surface area contributed by atoms with E-state index in [1.165, 1.54) is 6.42 Å². The first kappa shape index (κ1) is 12.0. The lowest BCUT2D eigenvalue weighted by Gasteiger charge is -2.57. The second kappa shape index (κ2) is 3.27. The molecule has 2 N–H and O–H groups in total. The van der Waals surface area contributed by atoms with Crippen molar-refractivity contribution in [3.8, 4) is 0 Å². The van der Waals surface area contributed by atoms with Crippen molar-refractivity contribution < 1.29 is 10.2 Å². The number of fused-ring (bicyclic) bond motifs is 1. The fraction of sp³-hybridized carbons (Fsp3) is 1.00. The Kier molecular flexibility index (Phi) is 2.30. The van der Waals surface area contributed by atoms with E-state index in [0.29, 0.717) is 5.92 Å². The van der Waals surface area contributed by atoms with Gasteiger partial charge in [0.2, 0.25) is 0 Å². The second-order valence-corrected chi connectivity index (χ2v) is 7.92. The van der Waals surface area contributed by atoms with E-state index < -0.39 is 0 Å². The van der Waals surface area contributed by atoms with E-state index in [0.717, 1.165) is 32.1 Å². The molecule has 5 atom stereocenters. The number of aliphatic hydroxyl groups excluding tert-OH is 2. The molecule has 3 saturated carbocycles. The van der Waals surface area contributed by atoms with Crippen LogP contribution in [0.25, 0.3) is 0 Å². The quantitative estimate of drug-likeness (QED) is 0.681. The monoisotopic (exact) mass is 238 g/mol. The Morgan fingerprint density at radius 2 is 1.65 bits per heavy atom. The highest BCUT2D eigenvalue weighted by atomic mass is 16.3. The minimum Gasteiger partial charge on any atom is -0.393 e. The topological polar surface area (TPSA) is 40.5 Å². The molecule has 98 valence electrons. The Bertz CT molecular complexity index is 338. The second-order valence-electron chi connectivity index (χ2n) is 7.92. The molecule has 3 fully saturated rings. The average Bonchev–Trinajstić information content (AvgIpc) is 2.41. The van der Waals surface area contributed by atoms with Crippen molar-refractivity contribution in [2.75, 3.05) is 0 Å². The van der Waals surface area contributed by atoms with Crippen molar-refractivity contribution in [2.45, 2.75) is 71.5 Å². The SMILES string of the molecule is CC1(C)C[C@@H](O)[C@@]23CC[C@@H](O)[C@@](C)(CC[C@@H]12)C3. The van der Waals surface area contributed by atoms with E-state index in [9.17, 15) is 10.2 Å². The molecule has 0 aliphatic heterocycles. The van der Waals surface area contributed by atoms with Gasteiger partial charge in [-0.15, -0.1) is 0 Å². The molecule has 3 aliphatic rings. The first-order valence-corrected chi connectivity index (χ1v) is 7.16. The van der Waals surface area contributed by atoms with E-state index >= 15 is 0 Å². The van der Waals surface area contributed by atoms with Gasteiger partial charge in [0.25, 0.3) is 0 Å². The lowest BCUT2D eigenvalue weighted by atomic mass is 9.49. The molecule has 1 spiro atoms. The minimum absolute atomic E-state index is 0.0656. The van der Waals surface area contributed by atoms with Crippen molar-refractivity contribution in [3.63, 3.8) is 0 Å². The molecule has 3 rings (SSSR count). The third kappa shape index (κ3) is 1.40. The normalized spacial score (nSPS) is 56.6. The van der Waals surface area contributed by atoms with Crippen LogP contribution < -0.4 is 0 Å². The maximum Gasteiger partial charge on any atom is 0.0604 e. The number of hydrogen-bond donors (Lipinski definition) is 2. The van der Waals surface area contributed by atoms with Gasteiger partial charge in [0.1, 0.15) is 0 Å². The van der Waals surface area contributed by atoms with Crippen LogP contribution in [0.3, 0.4) is 0 Å². The zero-order valence-electron chi connectivity index (χ0n) is 11.4. The minimum atomic E-state index is -0.148. The molecule has 2 nitrogen and oxygen atoms in total. The zero-order valence-corrected chi connectivity index (χ0v) is 11.4. The van der Waals surface area contributed by atoms with Gasteiger partial charge in [-0.05, 0) is 55.3 Å². The lowest BCUT2D eigenvalue weighted by Crippen LogP contribution is -2.54. The van der Waals surface area contributed by atoms with Crippen LogP contribution in [-0.4, -0.2) is 22.4 Å². The summed E-state index contributed by atoms with van der Waals surface area (Å²) in [5.74, 6) is 0.658. The van der Waals surface area contributed by atoms with E-state index in [1.54, 1.807) is 0 Å². The number of hydrogen-bond acceptors (Lipinski definition) is 2. The summed E-state index contributed by atoms with van der Waals surface area (Å²) in [4.78, 5) is 0. The first-order valence-electron chi connectivity index (χ1n) is 7.16. The Labute approximate surface area is 104 Å². The summed E-state index contributed by atoms with van der Waals surface area (Å²) >= 11 is 0. The smallest absolute Gasteiger partial charge is 0.0604 e. The van der Waals surface area contributed by atoms with Gasteiger partial charge in [-0.3, -0.25) is 0 Å². The molecule has 0 aromatic rings. The Hall–Kier alpha value is -0.0800. The molecule has 0 amide bonds.